The summed E-state index contributed by atoms with van der Waals surface area (Å²) in [5.74, 6) is 4.84. The lowest BCUT2D eigenvalue weighted by molar-refractivity contribution is 1.57. The Morgan fingerprint density at radius 1 is 0.643 bits per heavy atom. The molecule has 0 saturated heterocycles. The molecule has 0 N–H and O–H groups in total. The molecule has 0 amide bonds. The van der Waals surface area contributed by atoms with Crippen molar-refractivity contribution in [2.45, 2.75) is 6.55 Å². The second-order valence-corrected chi connectivity index (χ2v) is 19.4. The van der Waals surface area contributed by atoms with Gasteiger partial charge in [0.05, 0.1) is 8.07 Å². The lowest BCUT2D eigenvalue weighted by atomic mass is 11.7. The molecule has 0 bridgehead atoms. The van der Waals surface area contributed by atoms with E-state index in [1.165, 1.54) is 0 Å². The van der Waals surface area contributed by atoms with Crippen LogP contribution in [-0.4, -0.2) is 65.4 Å². The molecular formula is C10H27P3Si. The molecule has 0 radical (unpaired) electrons. The van der Waals surface area contributed by atoms with Crippen LogP contribution in [0.2, 0.25) is 6.55 Å². The van der Waals surface area contributed by atoms with E-state index in [0.717, 1.165) is 0 Å². The van der Waals surface area contributed by atoms with Crippen LogP contribution in [0.25, 0.3) is 0 Å². The molecule has 0 rings (SSSR count). The molecule has 0 aliphatic heterocycles. The van der Waals surface area contributed by atoms with E-state index >= 15 is 0 Å². The van der Waals surface area contributed by atoms with Gasteiger partial charge in [0.1, 0.15) is 0 Å². The largest absolute Gasteiger partial charge is 0.116 e. The molecule has 0 fully saturated rings. The molecule has 0 aromatic rings. The van der Waals surface area contributed by atoms with Gasteiger partial charge in [0, 0.05) is 0 Å². The summed E-state index contributed by atoms with van der Waals surface area (Å²) in [6.45, 7) is 17.4. The van der Waals surface area contributed by atoms with Crippen molar-refractivity contribution in [3.05, 3.63) is 0 Å². The van der Waals surface area contributed by atoms with Crippen LogP contribution in [0.1, 0.15) is 0 Å². The first kappa shape index (κ1) is 15.5. The van der Waals surface area contributed by atoms with Crippen LogP contribution in [0.4, 0.5) is 0 Å². The Balaban J connectivity index is 4.32. The summed E-state index contributed by atoms with van der Waals surface area (Å²) in [5.41, 5.74) is 0. The van der Waals surface area contributed by atoms with Crippen LogP contribution in [-0.2, 0) is 0 Å². The molecule has 0 aromatic heterocycles. The summed E-state index contributed by atoms with van der Waals surface area (Å²) in [6.07, 6.45) is 0. The average molecular weight is 268 g/mol. The van der Waals surface area contributed by atoms with Crippen molar-refractivity contribution in [2.24, 2.45) is 0 Å². The average Bonchev–Trinajstić information content (AvgIpc) is 1.76. The highest BCUT2D eigenvalue weighted by atomic mass is 31.1. The molecule has 0 aliphatic rings. The second-order valence-electron chi connectivity index (χ2n) is 5.52. The highest BCUT2D eigenvalue weighted by Crippen LogP contribution is 2.41. The highest BCUT2D eigenvalue weighted by Gasteiger charge is 2.29. The van der Waals surface area contributed by atoms with Crippen molar-refractivity contribution in [1.82, 2.24) is 0 Å². The Morgan fingerprint density at radius 3 is 1.00 bits per heavy atom. The zero-order valence-electron chi connectivity index (χ0n) is 11.0. The maximum atomic E-state index is 2.67. The summed E-state index contributed by atoms with van der Waals surface area (Å²) >= 11 is 0. The van der Waals surface area contributed by atoms with Crippen molar-refractivity contribution >= 4 is 31.8 Å². The van der Waals surface area contributed by atoms with Crippen molar-refractivity contribution < 1.29 is 0 Å². The summed E-state index contributed by atoms with van der Waals surface area (Å²) in [5, 5.41) is 0. The van der Waals surface area contributed by atoms with Gasteiger partial charge in [-0.15, -0.1) is 23.8 Å². The molecule has 0 unspecified atom stereocenters. The fraction of sp³-hybridized carbons (Fsp3) is 1.00. The number of rotatable bonds is 6. The maximum absolute atomic E-state index is 2.67. The van der Waals surface area contributed by atoms with E-state index in [0.29, 0.717) is 23.8 Å². The minimum atomic E-state index is -0.852. The van der Waals surface area contributed by atoms with Crippen molar-refractivity contribution in [3.63, 3.8) is 0 Å². The third-order valence-corrected chi connectivity index (χ3v) is 18.8. The zero-order valence-corrected chi connectivity index (χ0v) is 14.6. The Kier molecular flexibility index (Phi) is 7.70. The van der Waals surface area contributed by atoms with Crippen LogP contribution in [0, 0.1) is 0 Å². The van der Waals surface area contributed by atoms with E-state index in [1.807, 2.05) is 0 Å². The fourth-order valence-corrected chi connectivity index (χ4v) is 24.7. The lowest BCUT2D eigenvalue weighted by Gasteiger charge is -2.32. The molecule has 0 aliphatic carbocycles. The van der Waals surface area contributed by atoms with Gasteiger partial charge in [0.2, 0.25) is 0 Å². The van der Waals surface area contributed by atoms with Crippen LogP contribution < -0.4 is 0 Å². The van der Waals surface area contributed by atoms with Gasteiger partial charge in [0.15, 0.2) is 0 Å². The Labute approximate surface area is 95.9 Å². The second kappa shape index (κ2) is 6.96. The first-order chi connectivity index (χ1) is 6.25. The first-order valence-electron chi connectivity index (χ1n) is 5.19. The smallest absolute Gasteiger partial charge is 0.0632 e. The summed E-state index contributed by atoms with van der Waals surface area (Å²) < 4.78 is 0. The topological polar surface area (TPSA) is 0 Å². The van der Waals surface area contributed by atoms with E-state index in [2.05, 4.69) is 46.5 Å². The monoisotopic (exact) mass is 268 g/mol. The molecule has 4 heteroatoms. The van der Waals surface area contributed by atoms with E-state index < -0.39 is 8.07 Å². The van der Waals surface area contributed by atoms with Gasteiger partial charge in [-0.2, -0.15) is 0 Å². The van der Waals surface area contributed by atoms with Gasteiger partial charge >= 0.3 is 0 Å². The van der Waals surface area contributed by atoms with Gasteiger partial charge in [0.25, 0.3) is 0 Å². The zero-order chi connectivity index (χ0) is 11.4. The molecule has 86 valence electrons. The van der Waals surface area contributed by atoms with Gasteiger partial charge in [-0.1, -0.05) is 6.55 Å². The van der Waals surface area contributed by atoms with E-state index in [9.17, 15) is 0 Å². The summed E-state index contributed by atoms with van der Waals surface area (Å²) in [4.78, 5) is 0. The highest BCUT2D eigenvalue weighted by molar-refractivity contribution is 7.66. The molecular weight excluding hydrogens is 241 g/mol. The Bertz CT molecular complexity index is 131. The van der Waals surface area contributed by atoms with Crippen molar-refractivity contribution in [2.75, 3.05) is 57.3 Å². The van der Waals surface area contributed by atoms with E-state index in [1.54, 1.807) is 17.4 Å². The summed E-state index contributed by atoms with van der Waals surface area (Å²) in [7, 11) is 0.146. The fourth-order valence-electron chi connectivity index (χ4n) is 2.44. The van der Waals surface area contributed by atoms with Crippen molar-refractivity contribution in [1.29, 1.82) is 0 Å². The van der Waals surface area contributed by atoms with Crippen molar-refractivity contribution in [3.8, 4) is 0 Å². The summed E-state index contributed by atoms with van der Waals surface area (Å²) in [6, 6.07) is 0. The molecule has 0 heterocycles. The minimum Gasteiger partial charge on any atom is -0.116 e. The quantitative estimate of drug-likeness (QED) is 0.506. The first-order valence-corrected chi connectivity index (χ1v) is 15.6. The normalized spacial score (nSPS) is 13.3. The SMILES string of the molecule is CP(C)C[Si](C)(CP(C)C)CP(C)C. The molecule has 14 heavy (non-hydrogen) atoms. The molecule has 0 spiro atoms. The molecule has 0 saturated carbocycles. The van der Waals surface area contributed by atoms with Gasteiger partial charge in [-0.3, -0.25) is 0 Å². The Morgan fingerprint density at radius 2 is 0.857 bits per heavy atom. The molecule has 0 nitrogen and oxygen atoms in total. The third-order valence-electron chi connectivity index (χ3n) is 2.09. The Hall–Kier alpha value is 1.51. The third kappa shape index (κ3) is 7.75. The molecule has 0 atom stereocenters. The van der Waals surface area contributed by atoms with Crippen LogP contribution >= 0.6 is 23.8 Å². The van der Waals surface area contributed by atoms with Gasteiger partial charge in [-0.05, 0) is 57.3 Å². The predicted molar refractivity (Wildman–Crippen MR) is 82.5 cm³/mol. The van der Waals surface area contributed by atoms with Crippen LogP contribution in [0.5, 0.6) is 0 Å². The van der Waals surface area contributed by atoms with E-state index in [4.69, 9.17) is 0 Å². The van der Waals surface area contributed by atoms with E-state index in [-0.39, 0.29) is 0 Å². The van der Waals surface area contributed by atoms with Gasteiger partial charge in [-0.25, -0.2) is 0 Å². The molecule has 0 aromatic carbocycles. The van der Waals surface area contributed by atoms with Crippen LogP contribution in [0.15, 0.2) is 0 Å². The van der Waals surface area contributed by atoms with Gasteiger partial charge < -0.3 is 0 Å². The van der Waals surface area contributed by atoms with Crippen LogP contribution in [0.3, 0.4) is 0 Å². The maximum Gasteiger partial charge on any atom is 0.0632 e. The standard InChI is InChI=1S/C10H27P3Si/c1-11(2)8-14(7,9-12(3)4)10-13(5)6/h8-10H2,1-7H3. The lowest BCUT2D eigenvalue weighted by Crippen LogP contribution is -2.42. The minimum absolute atomic E-state index is 0.333. The number of hydrogen-bond acceptors (Lipinski definition) is 0. The number of hydrogen-bond donors (Lipinski definition) is 0. The predicted octanol–water partition coefficient (Wildman–Crippen LogP) is 3.91.